The minimum atomic E-state index is -4.85. The fourth-order valence-electron chi connectivity index (χ4n) is 3.52. The number of ether oxygens (including phenoxy) is 2. The highest BCUT2D eigenvalue weighted by atomic mass is 19.4. The Balaban J connectivity index is 1.50. The van der Waals surface area contributed by atoms with Crippen LogP contribution in [0, 0.1) is 11.3 Å². The molecular weight excluding hydrogens is 468 g/mol. The maximum Gasteiger partial charge on any atom is 0.573 e. The first kappa shape index (κ1) is 25.0. The predicted octanol–water partition coefficient (Wildman–Crippen LogP) is 5.99. The molecule has 0 heterocycles. The lowest BCUT2D eigenvalue weighted by atomic mass is 9.93. The molecule has 0 atom stereocenters. The molecule has 0 saturated heterocycles. The SMILES string of the molecule is N#Cc1cc(C(F)(F)F)ccc1O[C@H]1CC[C@H](NC(=O)Nc2cccc(OC(F)(F)F)c2)CC1. The molecule has 0 bridgehead atoms. The number of urea groups is 1. The summed E-state index contributed by atoms with van der Waals surface area (Å²) in [6, 6.07) is 8.42. The fraction of sp³-hybridized carbons (Fsp3) is 0.364. The molecule has 2 aromatic carbocycles. The number of rotatable bonds is 5. The molecule has 1 aliphatic rings. The van der Waals surface area contributed by atoms with E-state index < -0.39 is 29.9 Å². The van der Waals surface area contributed by atoms with Gasteiger partial charge >= 0.3 is 18.6 Å². The van der Waals surface area contributed by atoms with Gasteiger partial charge in [0.05, 0.1) is 17.2 Å². The Bertz CT molecular complexity index is 1060. The van der Waals surface area contributed by atoms with Gasteiger partial charge in [0.1, 0.15) is 17.6 Å². The summed E-state index contributed by atoms with van der Waals surface area (Å²) in [6.45, 7) is 0. The summed E-state index contributed by atoms with van der Waals surface area (Å²) in [5, 5.41) is 14.3. The van der Waals surface area contributed by atoms with E-state index in [4.69, 9.17) is 10.00 Å². The lowest BCUT2D eigenvalue weighted by Gasteiger charge is -2.29. The van der Waals surface area contributed by atoms with Gasteiger partial charge in [0, 0.05) is 17.8 Å². The third-order valence-electron chi connectivity index (χ3n) is 5.06. The maximum atomic E-state index is 12.8. The number of nitriles is 1. The number of hydrogen-bond donors (Lipinski definition) is 2. The van der Waals surface area contributed by atoms with Crippen LogP contribution < -0.4 is 20.1 Å². The zero-order chi connectivity index (χ0) is 24.9. The van der Waals surface area contributed by atoms with Crippen LogP contribution in [0.25, 0.3) is 0 Å². The predicted molar refractivity (Wildman–Crippen MR) is 108 cm³/mol. The second kappa shape index (κ2) is 10.1. The molecule has 1 saturated carbocycles. The molecule has 0 unspecified atom stereocenters. The van der Waals surface area contributed by atoms with E-state index in [0.717, 1.165) is 30.3 Å². The zero-order valence-corrected chi connectivity index (χ0v) is 17.5. The number of benzene rings is 2. The van der Waals surface area contributed by atoms with E-state index in [1.54, 1.807) is 6.07 Å². The first-order chi connectivity index (χ1) is 15.9. The molecule has 0 aromatic heterocycles. The summed E-state index contributed by atoms with van der Waals surface area (Å²) in [4.78, 5) is 12.2. The highest BCUT2D eigenvalue weighted by molar-refractivity contribution is 5.89. The largest absolute Gasteiger partial charge is 0.573 e. The lowest BCUT2D eigenvalue weighted by Crippen LogP contribution is -2.41. The minimum Gasteiger partial charge on any atom is -0.489 e. The normalized spacial score (nSPS) is 18.5. The molecule has 12 heteroatoms. The van der Waals surface area contributed by atoms with Crippen molar-refractivity contribution >= 4 is 11.7 Å². The van der Waals surface area contributed by atoms with Crippen molar-refractivity contribution in [3.8, 4) is 17.6 Å². The molecule has 1 fully saturated rings. The third-order valence-corrected chi connectivity index (χ3v) is 5.06. The first-order valence-corrected chi connectivity index (χ1v) is 10.1. The van der Waals surface area contributed by atoms with Crippen molar-refractivity contribution in [2.45, 2.75) is 50.4 Å². The van der Waals surface area contributed by atoms with Crippen molar-refractivity contribution in [1.82, 2.24) is 5.32 Å². The molecule has 0 radical (unpaired) electrons. The third kappa shape index (κ3) is 7.19. The monoisotopic (exact) mass is 487 g/mol. The van der Waals surface area contributed by atoms with E-state index in [0.29, 0.717) is 25.7 Å². The quantitative estimate of drug-likeness (QED) is 0.508. The first-order valence-electron chi connectivity index (χ1n) is 10.1. The van der Waals surface area contributed by atoms with E-state index in [9.17, 15) is 31.1 Å². The van der Waals surface area contributed by atoms with Crippen LogP contribution in [-0.4, -0.2) is 24.5 Å². The van der Waals surface area contributed by atoms with Gasteiger partial charge in [0.25, 0.3) is 0 Å². The Morgan fingerprint density at radius 2 is 1.71 bits per heavy atom. The summed E-state index contributed by atoms with van der Waals surface area (Å²) in [7, 11) is 0. The van der Waals surface area contributed by atoms with Crippen LogP contribution in [0.1, 0.15) is 36.8 Å². The van der Waals surface area contributed by atoms with Gasteiger partial charge in [0.2, 0.25) is 0 Å². The highest BCUT2D eigenvalue weighted by Gasteiger charge is 2.32. The summed E-state index contributed by atoms with van der Waals surface area (Å²) in [5.41, 5.74) is -1.04. The Kier molecular flexibility index (Phi) is 7.44. The Morgan fingerprint density at radius 3 is 2.32 bits per heavy atom. The average Bonchev–Trinajstić information content (AvgIpc) is 2.73. The van der Waals surface area contributed by atoms with Gasteiger partial charge in [-0.2, -0.15) is 18.4 Å². The second-order valence-corrected chi connectivity index (χ2v) is 7.59. The van der Waals surface area contributed by atoms with Crippen molar-refractivity contribution in [2.24, 2.45) is 0 Å². The van der Waals surface area contributed by atoms with Crippen molar-refractivity contribution in [2.75, 3.05) is 5.32 Å². The number of carbonyl (C=O) groups excluding carboxylic acids is 1. The molecule has 182 valence electrons. The molecular formula is C22H19F6N3O3. The highest BCUT2D eigenvalue weighted by Crippen LogP contribution is 2.34. The van der Waals surface area contributed by atoms with Gasteiger partial charge in [0.15, 0.2) is 0 Å². The molecule has 2 N–H and O–H groups in total. The van der Waals surface area contributed by atoms with Crippen molar-refractivity contribution < 1.29 is 40.6 Å². The van der Waals surface area contributed by atoms with E-state index in [2.05, 4.69) is 15.4 Å². The number of anilines is 1. The minimum absolute atomic E-state index is 0.0607. The van der Waals surface area contributed by atoms with Crippen molar-refractivity contribution in [3.63, 3.8) is 0 Å². The number of nitrogens with zero attached hydrogens (tertiary/aromatic N) is 1. The molecule has 0 aliphatic heterocycles. The van der Waals surface area contributed by atoms with E-state index in [1.807, 2.05) is 0 Å². The van der Waals surface area contributed by atoms with Crippen LogP contribution in [0.15, 0.2) is 42.5 Å². The van der Waals surface area contributed by atoms with Gasteiger partial charge in [-0.25, -0.2) is 4.79 Å². The molecule has 1 aliphatic carbocycles. The van der Waals surface area contributed by atoms with Gasteiger partial charge in [-0.3, -0.25) is 0 Å². The maximum absolute atomic E-state index is 12.8. The Morgan fingerprint density at radius 1 is 1.00 bits per heavy atom. The molecule has 2 amide bonds. The van der Waals surface area contributed by atoms with Gasteiger partial charge in [-0.15, -0.1) is 13.2 Å². The number of amides is 2. The zero-order valence-electron chi connectivity index (χ0n) is 17.5. The lowest BCUT2D eigenvalue weighted by molar-refractivity contribution is -0.274. The molecule has 3 rings (SSSR count). The number of hydrogen-bond acceptors (Lipinski definition) is 4. The van der Waals surface area contributed by atoms with Crippen molar-refractivity contribution in [1.29, 1.82) is 5.26 Å². The van der Waals surface area contributed by atoms with Crippen LogP contribution in [0.4, 0.5) is 36.8 Å². The Labute approximate surface area is 190 Å². The van der Waals surface area contributed by atoms with Crippen LogP contribution in [-0.2, 0) is 6.18 Å². The topological polar surface area (TPSA) is 83.4 Å². The smallest absolute Gasteiger partial charge is 0.489 e. The average molecular weight is 487 g/mol. The van der Waals surface area contributed by atoms with E-state index in [1.165, 1.54) is 12.1 Å². The van der Waals surface area contributed by atoms with Gasteiger partial charge in [-0.1, -0.05) is 6.07 Å². The van der Waals surface area contributed by atoms with E-state index >= 15 is 0 Å². The number of halogens is 6. The van der Waals surface area contributed by atoms with Crippen LogP contribution in [0.3, 0.4) is 0 Å². The van der Waals surface area contributed by atoms with Gasteiger partial charge < -0.3 is 20.1 Å². The standard InChI is InChI=1S/C22H19F6N3O3/c23-21(24,25)14-4-9-19(13(10-14)12-29)33-17-7-5-15(6-8-17)30-20(32)31-16-2-1-3-18(11-16)34-22(26,27)28/h1-4,9-11,15,17H,5-8H2,(H2,30,31,32)/t15-,17-. The fourth-order valence-corrected chi connectivity index (χ4v) is 3.52. The van der Waals surface area contributed by atoms with Gasteiger partial charge in [-0.05, 0) is 56.0 Å². The molecule has 34 heavy (non-hydrogen) atoms. The second-order valence-electron chi connectivity index (χ2n) is 7.59. The summed E-state index contributed by atoms with van der Waals surface area (Å²) >= 11 is 0. The van der Waals surface area contributed by atoms with Crippen LogP contribution >= 0.6 is 0 Å². The summed E-state index contributed by atoms with van der Waals surface area (Å²) < 4.78 is 85.0. The summed E-state index contributed by atoms with van der Waals surface area (Å²) in [6.07, 6.45) is -7.81. The molecule has 2 aromatic rings. The number of carbonyl (C=O) groups is 1. The Hall–Kier alpha value is -3.62. The summed E-state index contributed by atoms with van der Waals surface area (Å²) in [5.74, 6) is -0.409. The molecule has 0 spiro atoms. The van der Waals surface area contributed by atoms with Crippen LogP contribution in [0.5, 0.6) is 11.5 Å². The van der Waals surface area contributed by atoms with E-state index in [-0.39, 0.29) is 29.1 Å². The van der Waals surface area contributed by atoms with Crippen LogP contribution in [0.2, 0.25) is 0 Å². The molecule has 6 nitrogen and oxygen atoms in total. The number of nitrogens with one attached hydrogen (secondary N) is 2. The number of alkyl halides is 6. The van der Waals surface area contributed by atoms with Crippen molar-refractivity contribution in [3.05, 3.63) is 53.6 Å².